The topological polar surface area (TPSA) is 56.5 Å². The van der Waals surface area contributed by atoms with Crippen LogP contribution in [0.5, 0.6) is 5.75 Å². The summed E-state index contributed by atoms with van der Waals surface area (Å²) in [7, 11) is 3.15. The third-order valence-corrected chi connectivity index (χ3v) is 4.57. The second-order valence-corrected chi connectivity index (χ2v) is 5.65. The molecular formula is C16H25FN2O2. The summed E-state index contributed by atoms with van der Waals surface area (Å²) in [5, 5.41) is 0. The zero-order chi connectivity index (χ0) is 15.3. The summed E-state index contributed by atoms with van der Waals surface area (Å²) in [5.41, 5.74) is 2.81. The number of hydrogen-bond acceptors (Lipinski definition) is 4. The molecule has 2 rings (SSSR count). The molecule has 1 fully saturated rings. The number of hydrogen-bond donors (Lipinski definition) is 2. The molecule has 4 nitrogen and oxygen atoms in total. The van der Waals surface area contributed by atoms with E-state index in [4.69, 9.17) is 15.3 Å². The van der Waals surface area contributed by atoms with Gasteiger partial charge in [-0.1, -0.05) is 37.8 Å². The number of hydrazine groups is 1. The molecule has 1 aliphatic carbocycles. The number of nitrogens with one attached hydrogen (secondary N) is 1. The molecule has 1 aromatic rings. The number of rotatable bonds is 5. The number of methoxy groups -OCH3 is 2. The van der Waals surface area contributed by atoms with Crippen molar-refractivity contribution in [2.75, 3.05) is 14.2 Å². The van der Waals surface area contributed by atoms with E-state index in [0.717, 1.165) is 25.7 Å². The number of benzene rings is 1. The van der Waals surface area contributed by atoms with Crippen LogP contribution in [0.25, 0.3) is 0 Å². The molecule has 0 aliphatic heterocycles. The molecule has 0 aromatic heterocycles. The predicted octanol–water partition coefficient (Wildman–Crippen LogP) is 3.08. The van der Waals surface area contributed by atoms with Crippen molar-refractivity contribution in [1.82, 2.24) is 5.43 Å². The zero-order valence-electron chi connectivity index (χ0n) is 12.8. The van der Waals surface area contributed by atoms with Gasteiger partial charge in [-0.15, -0.1) is 0 Å². The minimum atomic E-state index is -0.474. The highest BCUT2D eigenvalue weighted by Crippen LogP contribution is 2.41. The first-order valence-electron chi connectivity index (χ1n) is 7.52. The van der Waals surface area contributed by atoms with Gasteiger partial charge in [0.25, 0.3) is 0 Å². The second-order valence-electron chi connectivity index (χ2n) is 5.65. The van der Waals surface area contributed by atoms with E-state index in [1.54, 1.807) is 25.3 Å². The Morgan fingerprint density at radius 2 is 1.86 bits per heavy atom. The molecule has 0 saturated heterocycles. The molecule has 3 N–H and O–H groups in total. The smallest absolute Gasteiger partial charge is 0.169 e. The average molecular weight is 296 g/mol. The van der Waals surface area contributed by atoms with Crippen LogP contribution in [0.15, 0.2) is 18.2 Å². The summed E-state index contributed by atoms with van der Waals surface area (Å²) in [6, 6.07) is 4.74. The second kappa shape index (κ2) is 7.20. The minimum Gasteiger partial charge on any atom is -0.494 e. The fourth-order valence-electron chi connectivity index (χ4n) is 3.37. The van der Waals surface area contributed by atoms with E-state index in [9.17, 15) is 4.39 Å². The Hall–Kier alpha value is -1.17. The van der Waals surface area contributed by atoms with Crippen LogP contribution in [0.1, 0.15) is 50.1 Å². The standard InChI is InChI=1S/C16H25FN2O2/c1-20-13-9-7-8-12(14(13)17)15(19-18)16(21-2)10-5-3-4-6-11-16/h7-9,15,19H,3-6,10-11,18H2,1-2H3. The van der Waals surface area contributed by atoms with E-state index in [0.29, 0.717) is 5.56 Å². The lowest BCUT2D eigenvalue weighted by molar-refractivity contribution is -0.0549. The maximum Gasteiger partial charge on any atom is 0.169 e. The van der Waals surface area contributed by atoms with Gasteiger partial charge in [0.15, 0.2) is 11.6 Å². The Labute approximate surface area is 125 Å². The number of nitrogens with two attached hydrogens (primary N) is 1. The lowest BCUT2D eigenvalue weighted by Crippen LogP contribution is -2.48. The molecule has 0 spiro atoms. The van der Waals surface area contributed by atoms with Gasteiger partial charge < -0.3 is 9.47 Å². The summed E-state index contributed by atoms with van der Waals surface area (Å²) in [6.07, 6.45) is 6.24. The van der Waals surface area contributed by atoms with Gasteiger partial charge in [-0.2, -0.15) is 0 Å². The lowest BCUT2D eigenvalue weighted by atomic mass is 9.82. The first-order valence-corrected chi connectivity index (χ1v) is 7.52. The van der Waals surface area contributed by atoms with Gasteiger partial charge in [0.2, 0.25) is 0 Å². The van der Waals surface area contributed by atoms with Crippen molar-refractivity contribution >= 4 is 0 Å². The van der Waals surface area contributed by atoms with E-state index in [1.807, 2.05) is 0 Å². The maximum atomic E-state index is 14.6. The molecule has 1 atom stereocenters. The van der Waals surface area contributed by atoms with Gasteiger partial charge in [-0.3, -0.25) is 5.84 Å². The molecular weight excluding hydrogens is 271 g/mol. The first-order chi connectivity index (χ1) is 10.2. The molecule has 118 valence electrons. The Bertz CT molecular complexity index is 460. The molecule has 0 radical (unpaired) electrons. The molecule has 0 bridgehead atoms. The van der Waals surface area contributed by atoms with Crippen LogP contribution in [-0.2, 0) is 4.74 Å². The Morgan fingerprint density at radius 1 is 1.19 bits per heavy atom. The maximum absolute atomic E-state index is 14.6. The Morgan fingerprint density at radius 3 is 2.38 bits per heavy atom. The van der Waals surface area contributed by atoms with Gasteiger partial charge in [0, 0.05) is 12.7 Å². The third-order valence-electron chi connectivity index (χ3n) is 4.57. The number of ether oxygens (including phenoxy) is 2. The van der Waals surface area contributed by atoms with Crippen molar-refractivity contribution in [3.8, 4) is 5.75 Å². The van der Waals surface area contributed by atoms with E-state index in [2.05, 4.69) is 5.43 Å². The Kier molecular flexibility index (Phi) is 5.56. The Balaban J connectivity index is 2.41. The van der Waals surface area contributed by atoms with Crippen LogP contribution in [0.2, 0.25) is 0 Å². The van der Waals surface area contributed by atoms with Crippen LogP contribution in [0, 0.1) is 5.82 Å². The summed E-state index contributed by atoms with van der Waals surface area (Å²) in [5.74, 6) is 5.63. The highest BCUT2D eigenvalue weighted by Gasteiger charge is 2.41. The normalized spacial score (nSPS) is 19.8. The van der Waals surface area contributed by atoms with E-state index in [1.165, 1.54) is 20.0 Å². The summed E-state index contributed by atoms with van der Waals surface area (Å²) in [4.78, 5) is 0. The molecule has 1 saturated carbocycles. The number of halogens is 1. The van der Waals surface area contributed by atoms with Gasteiger partial charge in [-0.25, -0.2) is 9.82 Å². The average Bonchev–Trinajstić information content (AvgIpc) is 2.76. The molecule has 5 heteroatoms. The summed E-state index contributed by atoms with van der Waals surface area (Å²) < 4.78 is 25.5. The van der Waals surface area contributed by atoms with Crippen molar-refractivity contribution in [1.29, 1.82) is 0 Å². The van der Waals surface area contributed by atoms with Gasteiger partial charge >= 0.3 is 0 Å². The van der Waals surface area contributed by atoms with Gasteiger partial charge in [0.05, 0.1) is 18.8 Å². The predicted molar refractivity (Wildman–Crippen MR) is 80.5 cm³/mol. The van der Waals surface area contributed by atoms with Crippen molar-refractivity contribution in [2.24, 2.45) is 5.84 Å². The van der Waals surface area contributed by atoms with Gasteiger partial charge in [-0.05, 0) is 18.9 Å². The van der Waals surface area contributed by atoms with Crippen molar-refractivity contribution in [3.05, 3.63) is 29.6 Å². The van der Waals surface area contributed by atoms with Crippen LogP contribution < -0.4 is 16.0 Å². The van der Waals surface area contributed by atoms with E-state index >= 15 is 0 Å². The summed E-state index contributed by atoms with van der Waals surface area (Å²) in [6.45, 7) is 0. The largest absolute Gasteiger partial charge is 0.494 e. The molecule has 1 unspecified atom stereocenters. The minimum absolute atomic E-state index is 0.229. The highest BCUT2D eigenvalue weighted by molar-refractivity contribution is 5.34. The van der Waals surface area contributed by atoms with Crippen molar-refractivity contribution < 1.29 is 13.9 Å². The van der Waals surface area contributed by atoms with Crippen molar-refractivity contribution in [3.63, 3.8) is 0 Å². The quantitative estimate of drug-likeness (QED) is 0.498. The highest BCUT2D eigenvalue weighted by atomic mass is 19.1. The van der Waals surface area contributed by atoms with E-state index < -0.39 is 11.6 Å². The molecule has 1 aliphatic rings. The summed E-state index contributed by atoms with van der Waals surface area (Å²) >= 11 is 0. The molecule has 21 heavy (non-hydrogen) atoms. The SMILES string of the molecule is COc1cccc(C(NN)C2(OC)CCCCCC2)c1F. The molecule has 0 amide bonds. The van der Waals surface area contributed by atoms with Crippen molar-refractivity contribution in [2.45, 2.75) is 50.2 Å². The molecule has 1 aromatic carbocycles. The fraction of sp³-hybridized carbons (Fsp3) is 0.625. The lowest BCUT2D eigenvalue weighted by Gasteiger charge is -2.39. The van der Waals surface area contributed by atoms with Crippen LogP contribution in [0.4, 0.5) is 4.39 Å². The van der Waals surface area contributed by atoms with Gasteiger partial charge in [0.1, 0.15) is 0 Å². The first kappa shape index (κ1) is 16.2. The zero-order valence-corrected chi connectivity index (χ0v) is 12.8. The monoisotopic (exact) mass is 296 g/mol. The van der Waals surface area contributed by atoms with E-state index in [-0.39, 0.29) is 11.6 Å². The van der Waals surface area contributed by atoms with Crippen LogP contribution in [-0.4, -0.2) is 19.8 Å². The fourth-order valence-corrected chi connectivity index (χ4v) is 3.37. The van der Waals surface area contributed by atoms with Crippen LogP contribution in [0.3, 0.4) is 0 Å². The van der Waals surface area contributed by atoms with Crippen LogP contribution >= 0.6 is 0 Å². The third kappa shape index (κ3) is 3.20. The molecule has 0 heterocycles.